The fourth-order valence-electron chi connectivity index (χ4n) is 5.00. The molecule has 0 saturated heterocycles. The van der Waals surface area contributed by atoms with Gasteiger partial charge in [-0.15, -0.1) is 0 Å². The van der Waals surface area contributed by atoms with Crippen molar-refractivity contribution in [1.82, 2.24) is 10.2 Å². The first-order chi connectivity index (χ1) is 19.3. The molecule has 1 atom stereocenters. The number of benzene rings is 3. The zero-order chi connectivity index (χ0) is 28.5. The summed E-state index contributed by atoms with van der Waals surface area (Å²) in [5.74, 6) is -1.32. The quantitative estimate of drug-likeness (QED) is 0.357. The van der Waals surface area contributed by atoms with E-state index in [4.69, 9.17) is 0 Å². The van der Waals surface area contributed by atoms with E-state index in [0.717, 1.165) is 54.1 Å². The summed E-state index contributed by atoms with van der Waals surface area (Å²) in [6, 6.07) is 21.7. The summed E-state index contributed by atoms with van der Waals surface area (Å²) in [5.41, 5.74) is 1.29. The van der Waals surface area contributed by atoms with Crippen LogP contribution in [0.2, 0.25) is 0 Å². The van der Waals surface area contributed by atoms with Crippen molar-refractivity contribution in [1.29, 1.82) is 0 Å². The van der Waals surface area contributed by atoms with E-state index in [1.54, 1.807) is 37.3 Å². The fourth-order valence-corrected chi connectivity index (χ4v) is 6.41. The molecule has 7 nitrogen and oxygen atoms in total. The number of halogens is 1. The summed E-state index contributed by atoms with van der Waals surface area (Å²) < 4.78 is 42.0. The van der Waals surface area contributed by atoms with Crippen molar-refractivity contribution in [2.75, 3.05) is 17.4 Å². The lowest BCUT2D eigenvalue weighted by molar-refractivity contribution is -0.139. The second kappa shape index (κ2) is 13.6. The first kappa shape index (κ1) is 29.3. The molecule has 0 spiro atoms. The fraction of sp³-hybridized carbons (Fsp3) is 0.355. The van der Waals surface area contributed by atoms with Gasteiger partial charge in [0.2, 0.25) is 11.8 Å². The Labute approximate surface area is 236 Å². The molecule has 0 unspecified atom stereocenters. The van der Waals surface area contributed by atoms with E-state index in [0.29, 0.717) is 12.1 Å². The van der Waals surface area contributed by atoms with E-state index in [-0.39, 0.29) is 23.4 Å². The number of hydrogen-bond donors (Lipinski definition) is 1. The molecule has 3 aromatic carbocycles. The molecule has 1 N–H and O–H groups in total. The highest BCUT2D eigenvalue weighted by Crippen LogP contribution is 2.24. The number of hydrogen-bond acceptors (Lipinski definition) is 4. The minimum Gasteiger partial charge on any atom is -0.352 e. The highest BCUT2D eigenvalue weighted by Gasteiger charge is 2.33. The Bertz CT molecular complexity index is 1360. The van der Waals surface area contributed by atoms with Crippen LogP contribution in [0.5, 0.6) is 0 Å². The summed E-state index contributed by atoms with van der Waals surface area (Å²) in [4.78, 5) is 28.5. The Morgan fingerprint density at radius 1 is 0.900 bits per heavy atom. The number of anilines is 1. The molecule has 4 rings (SSSR count). The summed E-state index contributed by atoms with van der Waals surface area (Å²) in [5, 5.41) is 3.10. The van der Waals surface area contributed by atoms with E-state index >= 15 is 0 Å². The molecule has 212 valence electrons. The molecule has 40 heavy (non-hydrogen) atoms. The topological polar surface area (TPSA) is 86.8 Å². The predicted molar refractivity (Wildman–Crippen MR) is 154 cm³/mol. The molecule has 9 heteroatoms. The van der Waals surface area contributed by atoms with Gasteiger partial charge >= 0.3 is 0 Å². The van der Waals surface area contributed by atoms with Gasteiger partial charge in [-0.1, -0.05) is 67.8 Å². The second-order valence-electron chi connectivity index (χ2n) is 10.1. The summed E-state index contributed by atoms with van der Waals surface area (Å²) >= 11 is 0. The standard InChI is InChI=1S/C31H36FN3O4S/c1-24(31(37)33-27-13-7-3-8-14-27)34(22-21-25-11-5-2-6-12-25)30(36)23-35(28-15-9-4-10-16-28)40(38,39)29-19-17-26(32)18-20-29/h2,4-6,9-12,15-20,24,27H,3,7-8,13-14,21-23H2,1H3,(H,33,37)/t24-/m1/s1. The molecule has 1 aliphatic carbocycles. The zero-order valence-corrected chi connectivity index (χ0v) is 23.5. The maximum atomic E-state index is 13.9. The number of sulfonamides is 1. The number of carbonyl (C=O) groups is 2. The molecule has 0 heterocycles. The molecular weight excluding hydrogens is 529 g/mol. The number of carbonyl (C=O) groups excluding carboxylic acids is 2. The SMILES string of the molecule is C[C@H](C(=O)NC1CCCCC1)N(CCc1ccccc1)C(=O)CN(c1ccccc1)S(=O)(=O)c1ccc(F)cc1. The third kappa shape index (κ3) is 7.47. The van der Waals surface area contributed by atoms with Gasteiger partial charge in [-0.05, 0) is 68.1 Å². The van der Waals surface area contributed by atoms with E-state index in [1.165, 1.54) is 17.0 Å². The third-order valence-corrected chi connectivity index (χ3v) is 9.12. The molecule has 3 aromatic rings. The van der Waals surface area contributed by atoms with Crippen LogP contribution in [0.15, 0.2) is 89.8 Å². The normalized spacial score (nSPS) is 14.8. The first-order valence-electron chi connectivity index (χ1n) is 13.7. The molecule has 1 saturated carbocycles. The number of rotatable bonds is 11. The Hall–Kier alpha value is -3.72. The molecule has 0 bridgehead atoms. The monoisotopic (exact) mass is 565 g/mol. The largest absolute Gasteiger partial charge is 0.352 e. The van der Waals surface area contributed by atoms with Crippen LogP contribution < -0.4 is 9.62 Å². The van der Waals surface area contributed by atoms with Gasteiger partial charge in [-0.2, -0.15) is 0 Å². The van der Waals surface area contributed by atoms with Gasteiger partial charge < -0.3 is 10.2 Å². The average Bonchev–Trinajstić information content (AvgIpc) is 2.97. The van der Waals surface area contributed by atoms with Crippen LogP contribution in [0.1, 0.15) is 44.6 Å². The van der Waals surface area contributed by atoms with Crippen LogP contribution in [0.25, 0.3) is 0 Å². The Morgan fingerprint density at radius 2 is 1.50 bits per heavy atom. The highest BCUT2D eigenvalue weighted by atomic mass is 32.2. The molecule has 2 amide bonds. The van der Waals surface area contributed by atoms with Crippen LogP contribution in [-0.2, 0) is 26.0 Å². The van der Waals surface area contributed by atoms with Gasteiger partial charge in [0.05, 0.1) is 10.6 Å². The van der Waals surface area contributed by atoms with Crippen molar-refractivity contribution in [3.05, 3.63) is 96.3 Å². The first-order valence-corrected chi connectivity index (χ1v) is 15.2. The van der Waals surface area contributed by atoms with Crippen LogP contribution in [0, 0.1) is 5.82 Å². The second-order valence-corrected chi connectivity index (χ2v) is 12.0. The van der Waals surface area contributed by atoms with E-state index < -0.39 is 34.3 Å². The Kier molecular flexibility index (Phi) is 9.93. The number of nitrogens with zero attached hydrogens (tertiary/aromatic N) is 2. The molecule has 0 aliphatic heterocycles. The van der Waals surface area contributed by atoms with Gasteiger partial charge in [0.15, 0.2) is 0 Å². The maximum absolute atomic E-state index is 13.9. The third-order valence-electron chi connectivity index (χ3n) is 7.33. The van der Waals surface area contributed by atoms with Gasteiger partial charge in [-0.25, -0.2) is 12.8 Å². The summed E-state index contributed by atoms with van der Waals surface area (Å²) in [6.45, 7) is 1.41. The van der Waals surface area contributed by atoms with Crippen molar-refractivity contribution >= 4 is 27.5 Å². The summed E-state index contributed by atoms with van der Waals surface area (Å²) in [7, 11) is -4.22. The van der Waals surface area contributed by atoms with Gasteiger partial charge in [0, 0.05) is 12.6 Å². The molecular formula is C31H36FN3O4S. The average molecular weight is 566 g/mol. The number of nitrogens with one attached hydrogen (secondary N) is 1. The minimum atomic E-state index is -4.22. The van der Waals surface area contributed by atoms with Crippen molar-refractivity contribution < 1.29 is 22.4 Å². The van der Waals surface area contributed by atoms with Crippen molar-refractivity contribution in [3.8, 4) is 0 Å². The smallest absolute Gasteiger partial charge is 0.264 e. The highest BCUT2D eigenvalue weighted by molar-refractivity contribution is 7.92. The van der Waals surface area contributed by atoms with E-state index in [2.05, 4.69) is 5.32 Å². The van der Waals surface area contributed by atoms with Crippen molar-refractivity contribution in [2.24, 2.45) is 0 Å². The maximum Gasteiger partial charge on any atom is 0.264 e. The van der Waals surface area contributed by atoms with Crippen LogP contribution >= 0.6 is 0 Å². The number of amides is 2. The van der Waals surface area contributed by atoms with Gasteiger partial charge in [-0.3, -0.25) is 13.9 Å². The van der Waals surface area contributed by atoms with E-state index in [1.807, 2.05) is 30.3 Å². The van der Waals surface area contributed by atoms with Crippen molar-refractivity contribution in [3.63, 3.8) is 0 Å². The minimum absolute atomic E-state index is 0.0782. The lowest BCUT2D eigenvalue weighted by atomic mass is 9.95. The van der Waals surface area contributed by atoms with Crippen LogP contribution in [-0.4, -0.2) is 50.3 Å². The molecule has 0 radical (unpaired) electrons. The van der Waals surface area contributed by atoms with E-state index in [9.17, 15) is 22.4 Å². The molecule has 1 fully saturated rings. The van der Waals surface area contributed by atoms with Gasteiger partial charge in [0.25, 0.3) is 10.0 Å². The lowest BCUT2D eigenvalue weighted by Crippen LogP contribution is -2.53. The lowest BCUT2D eigenvalue weighted by Gasteiger charge is -2.33. The van der Waals surface area contributed by atoms with Gasteiger partial charge in [0.1, 0.15) is 18.4 Å². The Morgan fingerprint density at radius 3 is 2.12 bits per heavy atom. The zero-order valence-electron chi connectivity index (χ0n) is 22.7. The van der Waals surface area contributed by atoms with Crippen molar-refractivity contribution in [2.45, 2.75) is 62.4 Å². The Balaban J connectivity index is 1.61. The number of para-hydroxylation sites is 1. The van der Waals surface area contributed by atoms with Crippen LogP contribution in [0.4, 0.5) is 10.1 Å². The van der Waals surface area contributed by atoms with Crippen LogP contribution in [0.3, 0.4) is 0 Å². The molecule has 0 aromatic heterocycles. The predicted octanol–water partition coefficient (Wildman–Crippen LogP) is 4.93. The molecule has 1 aliphatic rings. The summed E-state index contributed by atoms with van der Waals surface area (Å²) in [6.07, 6.45) is 5.60.